The monoisotopic (exact) mass is 292 g/mol. The van der Waals surface area contributed by atoms with Gasteiger partial charge in [-0.15, -0.1) is 0 Å². The lowest BCUT2D eigenvalue weighted by Gasteiger charge is -2.08. The average molecular weight is 293 g/mol. The molecule has 0 aliphatic heterocycles. The zero-order chi connectivity index (χ0) is 14.7. The van der Waals surface area contributed by atoms with E-state index in [9.17, 15) is 4.79 Å². The van der Waals surface area contributed by atoms with E-state index in [1.165, 1.54) is 6.92 Å². The summed E-state index contributed by atoms with van der Waals surface area (Å²) < 4.78 is 1.65. The summed E-state index contributed by atoms with van der Waals surface area (Å²) >= 11 is 6.18. The summed E-state index contributed by atoms with van der Waals surface area (Å²) in [4.78, 5) is 11.0. The highest BCUT2D eigenvalue weighted by atomic mass is 35.5. The van der Waals surface area contributed by atoms with Crippen LogP contribution in [0.2, 0.25) is 5.15 Å². The van der Waals surface area contributed by atoms with Crippen LogP contribution in [-0.2, 0) is 18.4 Å². The molecule has 6 heteroatoms. The summed E-state index contributed by atoms with van der Waals surface area (Å²) in [7, 11) is 1.82. The van der Waals surface area contributed by atoms with Gasteiger partial charge >= 0.3 is 0 Å². The molecule has 0 unspecified atom stereocenters. The van der Waals surface area contributed by atoms with Crippen LogP contribution in [0.5, 0.6) is 0 Å². The first kappa shape index (κ1) is 14.4. The van der Waals surface area contributed by atoms with Crippen LogP contribution in [0.15, 0.2) is 24.3 Å². The molecule has 1 aromatic carbocycles. The molecule has 0 aliphatic rings. The van der Waals surface area contributed by atoms with Gasteiger partial charge in [0.05, 0.1) is 5.69 Å². The molecule has 0 atom stereocenters. The number of rotatable bonds is 4. The van der Waals surface area contributed by atoms with Gasteiger partial charge in [-0.2, -0.15) is 5.10 Å². The fraction of sp³-hybridized carbons (Fsp3) is 0.286. The van der Waals surface area contributed by atoms with Gasteiger partial charge in [0.15, 0.2) is 0 Å². The van der Waals surface area contributed by atoms with E-state index < -0.39 is 0 Å². The second-order valence-corrected chi connectivity index (χ2v) is 4.95. The molecule has 0 spiro atoms. The molecular formula is C14H17ClN4O. The first-order chi connectivity index (χ1) is 9.47. The fourth-order valence-corrected chi connectivity index (χ4v) is 2.22. The maximum absolute atomic E-state index is 11.0. The number of anilines is 2. The maximum Gasteiger partial charge on any atom is 0.221 e. The largest absolute Gasteiger partial charge is 0.381 e. The van der Waals surface area contributed by atoms with Crippen LogP contribution in [0, 0.1) is 6.92 Å². The average Bonchev–Trinajstić information content (AvgIpc) is 2.61. The Morgan fingerprint density at radius 3 is 2.70 bits per heavy atom. The quantitative estimate of drug-likeness (QED) is 0.911. The van der Waals surface area contributed by atoms with Crippen LogP contribution in [0.25, 0.3) is 0 Å². The molecule has 106 valence electrons. The molecule has 0 radical (unpaired) electrons. The third-order valence-corrected chi connectivity index (χ3v) is 3.39. The van der Waals surface area contributed by atoms with Crippen LogP contribution >= 0.6 is 11.6 Å². The lowest BCUT2D eigenvalue weighted by atomic mass is 10.2. The summed E-state index contributed by atoms with van der Waals surface area (Å²) in [6.45, 7) is 4.00. The Kier molecular flexibility index (Phi) is 4.29. The van der Waals surface area contributed by atoms with Crippen molar-refractivity contribution in [3.63, 3.8) is 0 Å². The van der Waals surface area contributed by atoms with Gasteiger partial charge in [0, 0.05) is 37.5 Å². The van der Waals surface area contributed by atoms with Gasteiger partial charge in [0.1, 0.15) is 5.15 Å². The van der Waals surface area contributed by atoms with Crippen molar-refractivity contribution in [2.75, 3.05) is 10.6 Å². The minimum Gasteiger partial charge on any atom is -0.381 e. The van der Waals surface area contributed by atoms with Gasteiger partial charge in [0.25, 0.3) is 0 Å². The number of nitrogens with zero attached hydrogens (tertiary/aromatic N) is 2. The van der Waals surface area contributed by atoms with E-state index in [4.69, 9.17) is 11.6 Å². The molecule has 1 amide bonds. The molecule has 0 saturated carbocycles. The molecule has 2 N–H and O–H groups in total. The Morgan fingerprint density at radius 2 is 2.10 bits per heavy atom. The van der Waals surface area contributed by atoms with E-state index in [-0.39, 0.29) is 5.91 Å². The number of amides is 1. The molecular weight excluding hydrogens is 276 g/mol. The normalized spacial score (nSPS) is 10.4. The van der Waals surface area contributed by atoms with E-state index in [0.29, 0.717) is 11.7 Å². The van der Waals surface area contributed by atoms with Crippen molar-refractivity contribution in [2.24, 2.45) is 7.05 Å². The number of hydrogen-bond acceptors (Lipinski definition) is 3. The molecule has 0 saturated heterocycles. The van der Waals surface area contributed by atoms with Gasteiger partial charge in [0.2, 0.25) is 5.91 Å². The van der Waals surface area contributed by atoms with Crippen LogP contribution in [0.4, 0.5) is 11.4 Å². The van der Waals surface area contributed by atoms with Crippen molar-refractivity contribution in [2.45, 2.75) is 20.4 Å². The third-order valence-electron chi connectivity index (χ3n) is 2.92. The van der Waals surface area contributed by atoms with Crippen molar-refractivity contribution < 1.29 is 4.79 Å². The highest BCUT2D eigenvalue weighted by Gasteiger charge is 2.10. The zero-order valence-electron chi connectivity index (χ0n) is 11.7. The van der Waals surface area contributed by atoms with Crippen LogP contribution in [0.3, 0.4) is 0 Å². The second kappa shape index (κ2) is 5.96. The zero-order valence-corrected chi connectivity index (χ0v) is 12.5. The van der Waals surface area contributed by atoms with Crippen molar-refractivity contribution in [1.29, 1.82) is 0 Å². The molecule has 2 aromatic rings. The molecule has 2 rings (SSSR count). The topological polar surface area (TPSA) is 59.0 Å². The van der Waals surface area contributed by atoms with Crippen molar-refractivity contribution in [3.8, 4) is 0 Å². The smallest absolute Gasteiger partial charge is 0.221 e. The summed E-state index contributed by atoms with van der Waals surface area (Å²) in [5, 5.41) is 10.9. The molecule has 1 heterocycles. The Morgan fingerprint density at radius 1 is 1.40 bits per heavy atom. The Labute approximate surface area is 122 Å². The SMILES string of the molecule is CC(=O)Nc1cccc(NCc2c(C)nn(C)c2Cl)c1. The number of carbonyl (C=O) groups excluding carboxylic acids is 1. The number of benzene rings is 1. The van der Waals surface area contributed by atoms with E-state index in [0.717, 1.165) is 22.6 Å². The highest BCUT2D eigenvalue weighted by Crippen LogP contribution is 2.21. The van der Waals surface area contributed by atoms with Crippen LogP contribution in [0.1, 0.15) is 18.2 Å². The second-order valence-electron chi connectivity index (χ2n) is 4.59. The predicted octanol–water partition coefficient (Wildman–Crippen LogP) is 2.95. The van der Waals surface area contributed by atoms with Gasteiger partial charge in [-0.1, -0.05) is 17.7 Å². The Hall–Kier alpha value is -2.01. The van der Waals surface area contributed by atoms with E-state index in [2.05, 4.69) is 15.7 Å². The fourth-order valence-electron chi connectivity index (χ4n) is 1.98. The lowest BCUT2D eigenvalue weighted by Crippen LogP contribution is -2.06. The number of nitrogens with one attached hydrogen (secondary N) is 2. The third kappa shape index (κ3) is 3.30. The van der Waals surface area contributed by atoms with E-state index >= 15 is 0 Å². The molecule has 0 aliphatic carbocycles. The predicted molar refractivity (Wildman–Crippen MR) is 81.0 cm³/mol. The maximum atomic E-state index is 11.0. The minimum absolute atomic E-state index is 0.0895. The van der Waals surface area contributed by atoms with Crippen molar-refractivity contribution >= 4 is 28.9 Å². The highest BCUT2D eigenvalue weighted by molar-refractivity contribution is 6.30. The summed E-state index contributed by atoms with van der Waals surface area (Å²) in [5.41, 5.74) is 3.55. The first-order valence-corrected chi connectivity index (χ1v) is 6.64. The number of hydrogen-bond donors (Lipinski definition) is 2. The van der Waals surface area contributed by atoms with E-state index in [1.807, 2.05) is 38.2 Å². The van der Waals surface area contributed by atoms with Gasteiger partial charge < -0.3 is 10.6 Å². The molecule has 0 bridgehead atoms. The number of aryl methyl sites for hydroxylation is 2. The number of carbonyl (C=O) groups is 1. The first-order valence-electron chi connectivity index (χ1n) is 6.27. The molecule has 1 aromatic heterocycles. The molecule has 0 fully saturated rings. The van der Waals surface area contributed by atoms with Gasteiger partial charge in [-0.3, -0.25) is 9.48 Å². The number of aromatic nitrogens is 2. The van der Waals surface area contributed by atoms with Gasteiger partial charge in [-0.05, 0) is 25.1 Å². The minimum atomic E-state index is -0.0895. The summed E-state index contributed by atoms with van der Waals surface area (Å²) in [6.07, 6.45) is 0. The van der Waals surface area contributed by atoms with Crippen molar-refractivity contribution in [1.82, 2.24) is 9.78 Å². The Bertz CT molecular complexity index is 636. The van der Waals surface area contributed by atoms with Crippen LogP contribution in [-0.4, -0.2) is 15.7 Å². The molecule has 20 heavy (non-hydrogen) atoms. The van der Waals surface area contributed by atoms with Crippen molar-refractivity contribution in [3.05, 3.63) is 40.7 Å². The summed E-state index contributed by atoms with van der Waals surface area (Å²) in [5.74, 6) is -0.0895. The number of halogens is 1. The van der Waals surface area contributed by atoms with E-state index in [1.54, 1.807) is 4.68 Å². The lowest BCUT2D eigenvalue weighted by molar-refractivity contribution is -0.114. The standard InChI is InChI=1S/C14H17ClN4O/c1-9-13(14(15)19(3)18-9)8-16-11-5-4-6-12(7-11)17-10(2)20/h4-7,16H,8H2,1-3H3,(H,17,20). The summed E-state index contributed by atoms with van der Waals surface area (Å²) in [6, 6.07) is 7.53. The Balaban J connectivity index is 2.09. The molecule has 5 nitrogen and oxygen atoms in total. The van der Waals surface area contributed by atoms with Crippen LogP contribution < -0.4 is 10.6 Å². The van der Waals surface area contributed by atoms with Gasteiger partial charge in [-0.25, -0.2) is 0 Å².